The minimum absolute atomic E-state index is 0.0267. The van der Waals surface area contributed by atoms with E-state index in [-0.39, 0.29) is 12.3 Å². The summed E-state index contributed by atoms with van der Waals surface area (Å²) in [4.78, 5) is 12.8. The van der Waals surface area contributed by atoms with Crippen LogP contribution < -0.4 is 16.2 Å². The number of anilines is 2. The zero-order valence-electron chi connectivity index (χ0n) is 16.0. The van der Waals surface area contributed by atoms with Crippen molar-refractivity contribution in [1.29, 1.82) is 0 Å². The number of fused-ring (bicyclic) bond motifs is 2. The number of nitrogens with two attached hydrogens (primary N) is 2. The molecule has 5 rings (SSSR count). The van der Waals surface area contributed by atoms with Crippen molar-refractivity contribution in [2.45, 2.75) is 25.7 Å². The minimum Gasteiger partial charge on any atom is -0.491 e. The molecular weight excluding hydrogens is 368 g/mol. The van der Waals surface area contributed by atoms with E-state index in [0.29, 0.717) is 24.2 Å². The molecule has 0 bridgehead atoms. The van der Waals surface area contributed by atoms with Crippen molar-refractivity contribution >= 4 is 33.6 Å². The lowest BCUT2D eigenvalue weighted by Crippen LogP contribution is -2.23. The first-order valence-electron chi connectivity index (χ1n) is 9.60. The maximum absolute atomic E-state index is 6.30. The molecule has 3 atom stereocenters. The van der Waals surface area contributed by atoms with Crippen LogP contribution in [0.15, 0.2) is 48.9 Å². The van der Waals surface area contributed by atoms with Crippen LogP contribution >= 0.6 is 0 Å². The van der Waals surface area contributed by atoms with Crippen molar-refractivity contribution in [2.75, 3.05) is 18.1 Å². The molecule has 1 fully saturated rings. The van der Waals surface area contributed by atoms with E-state index in [0.717, 1.165) is 34.1 Å². The van der Waals surface area contributed by atoms with E-state index in [1.807, 2.05) is 41.1 Å². The first-order chi connectivity index (χ1) is 14.1. The Balaban J connectivity index is 1.30. The Morgan fingerprint density at radius 2 is 2.03 bits per heavy atom. The fourth-order valence-electron chi connectivity index (χ4n) is 3.85. The second-order valence-corrected chi connectivity index (χ2v) is 7.46. The van der Waals surface area contributed by atoms with Gasteiger partial charge in [-0.05, 0) is 42.7 Å². The predicted octanol–water partition coefficient (Wildman–Crippen LogP) is 3.15. The maximum atomic E-state index is 6.30. The van der Waals surface area contributed by atoms with Gasteiger partial charge in [-0.25, -0.2) is 15.0 Å². The summed E-state index contributed by atoms with van der Waals surface area (Å²) in [5.41, 5.74) is 13.3. The summed E-state index contributed by atoms with van der Waals surface area (Å²) in [6.07, 6.45) is 4.17. The fraction of sp³-hybridized carbons (Fsp3) is 0.286. The molecule has 0 aliphatic carbocycles. The van der Waals surface area contributed by atoms with E-state index in [2.05, 4.69) is 21.9 Å². The van der Waals surface area contributed by atoms with E-state index in [9.17, 15) is 0 Å². The van der Waals surface area contributed by atoms with Crippen molar-refractivity contribution in [2.24, 2.45) is 5.92 Å². The second-order valence-electron chi connectivity index (χ2n) is 7.46. The quantitative estimate of drug-likeness (QED) is 0.550. The van der Waals surface area contributed by atoms with Crippen molar-refractivity contribution in [3.05, 3.63) is 48.9 Å². The molecule has 0 radical (unpaired) electrons. The fourth-order valence-corrected chi connectivity index (χ4v) is 3.85. The van der Waals surface area contributed by atoms with E-state index >= 15 is 0 Å². The Bertz CT molecular complexity index is 1190. The average Bonchev–Trinajstić information content (AvgIpc) is 3.30. The maximum Gasteiger partial charge on any atom is 0.147 e. The van der Waals surface area contributed by atoms with Crippen LogP contribution in [0.25, 0.3) is 21.9 Å². The van der Waals surface area contributed by atoms with E-state index in [4.69, 9.17) is 20.9 Å². The molecule has 0 spiro atoms. The highest BCUT2D eigenvalue weighted by atomic mass is 16.6. The number of nitrogens with zero attached hydrogens (tertiary/aromatic N) is 4. The Labute approximate surface area is 167 Å². The standard InChI is InChI=1S/C21H22N6O2/c1-12-8-19(27-7-6-15-20(23)24-11-25-21(15)27)29-17(12)10-28-14-4-2-13-3-5-18(22)26-16(13)9-14/h2-7,9,11-12,17,19H,8,10H2,1H3,(H2,22,26)(H2,23,24,25). The summed E-state index contributed by atoms with van der Waals surface area (Å²) in [6.45, 7) is 2.63. The Morgan fingerprint density at radius 1 is 1.17 bits per heavy atom. The molecule has 0 amide bonds. The normalized spacial score (nSPS) is 21.8. The molecule has 0 saturated carbocycles. The number of hydrogen-bond donors (Lipinski definition) is 2. The number of benzene rings is 1. The van der Waals surface area contributed by atoms with Crippen LogP contribution in [0.3, 0.4) is 0 Å². The van der Waals surface area contributed by atoms with Crippen LogP contribution in [-0.4, -0.2) is 32.2 Å². The highest BCUT2D eigenvalue weighted by Crippen LogP contribution is 2.36. The van der Waals surface area contributed by atoms with Crippen LogP contribution in [0, 0.1) is 5.92 Å². The highest BCUT2D eigenvalue weighted by Gasteiger charge is 2.34. The van der Waals surface area contributed by atoms with Gasteiger partial charge in [0.1, 0.15) is 42.2 Å². The zero-order valence-corrected chi connectivity index (χ0v) is 16.0. The lowest BCUT2D eigenvalue weighted by Gasteiger charge is -2.17. The first-order valence-corrected chi connectivity index (χ1v) is 9.60. The van der Waals surface area contributed by atoms with Crippen molar-refractivity contribution in [1.82, 2.24) is 19.5 Å². The summed E-state index contributed by atoms with van der Waals surface area (Å²) >= 11 is 0. The van der Waals surface area contributed by atoms with Gasteiger partial charge in [0.15, 0.2) is 0 Å². The number of rotatable bonds is 4. The smallest absolute Gasteiger partial charge is 0.147 e. The molecule has 8 nitrogen and oxygen atoms in total. The number of nitrogen functional groups attached to an aromatic ring is 2. The minimum atomic E-state index is -0.108. The van der Waals surface area contributed by atoms with Crippen LogP contribution in [0.1, 0.15) is 19.6 Å². The zero-order chi connectivity index (χ0) is 20.0. The van der Waals surface area contributed by atoms with Gasteiger partial charge in [0.2, 0.25) is 0 Å². The summed E-state index contributed by atoms with van der Waals surface area (Å²) < 4.78 is 14.3. The molecule has 4 heterocycles. The summed E-state index contributed by atoms with van der Waals surface area (Å²) in [6, 6.07) is 11.5. The molecule has 3 unspecified atom stereocenters. The molecule has 3 aromatic heterocycles. The van der Waals surface area contributed by atoms with Crippen LogP contribution in [-0.2, 0) is 4.74 Å². The van der Waals surface area contributed by atoms with E-state index < -0.39 is 0 Å². The summed E-state index contributed by atoms with van der Waals surface area (Å²) in [5, 5.41) is 1.87. The number of ether oxygens (including phenoxy) is 2. The van der Waals surface area contributed by atoms with Gasteiger partial charge in [0.05, 0.1) is 17.0 Å². The largest absolute Gasteiger partial charge is 0.491 e. The third-order valence-electron chi connectivity index (χ3n) is 5.49. The van der Waals surface area contributed by atoms with Gasteiger partial charge in [-0.1, -0.05) is 6.92 Å². The molecule has 1 saturated heterocycles. The van der Waals surface area contributed by atoms with Gasteiger partial charge in [0, 0.05) is 17.6 Å². The highest BCUT2D eigenvalue weighted by molar-refractivity contribution is 5.86. The molecule has 8 heteroatoms. The summed E-state index contributed by atoms with van der Waals surface area (Å²) in [5.74, 6) is 2.06. The number of hydrogen-bond acceptors (Lipinski definition) is 7. The molecule has 1 aromatic carbocycles. The Hall–Kier alpha value is -3.39. The average molecular weight is 390 g/mol. The molecular formula is C21H22N6O2. The molecule has 148 valence electrons. The van der Waals surface area contributed by atoms with Gasteiger partial charge in [-0.3, -0.25) is 0 Å². The first kappa shape index (κ1) is 17.7. The molecule has 4 aromatic rings. The van der Waals surface area contributed by atoms with E-state index in [1.165, 1.54) is 6.33 Å². The monoisotopic (exact) mass is 390 g/mol. The molecule has 29 heavy (non-hydrogen) atoms. The lowest BCUT2D eigenvalue weighted by atomic mass is 10.0. The van der Waals surface area contributed by atoms with Crippen LogP contribution in [0.2, 0.25) is 0 Å². The van der Waals surface area contributed by atoms with Crippen molar-refractivity contribution < 1.29 is 9.47 Å². The molecule has 4 N–H and O–H groups in total. The van der Waals surface area contributed by atoms with Gasteiger partial charge in [-0.15, -0.1) is 0 Å². The Morgan fingerprint density at radius 3 is 2.93 bits per heavy atom. The van der Waals surface area contributed by atoms with Gasteiger partial charge in [-0.2, -0.15) is 0 Å². The topological polar surface area (TPSA) is 114 Å². The van der Waals surface area contributed by atoms with Crippen molar-refractivity contribution in [3.8, 4) is 5.75 Å². The number of pyridine rings is 1. The van der Waals surface area contributed by atoms with Crippen LogP contribution in [0.5, 0.6) is 5.75 Å². The SMILES string of the molecule is CC1CC(n2ccc3c(N)ncnc32)OC1COc1ccc2ccc(N)nc2c1. The molecule has 1 aliphatic rings. The summed E-state index contributed by atoms with van der Waals surface area (Å²) in [7, 11) is 0. The van der Waals surface area contributed by atoms with Gasteiger partial charge in [0.25, 0.3) is 0 Å². The van der Waals surface area contributed by atoms with Crippen molar-refractivity contribution in [3.63, 3.8) is 0 Å². The predicted molar refractivity (Wildman–Crippen MR) is 111 cm³/mol. The van der Waals surface area contributed by atoms with E-state index in [1.54, 1.807) is 6.07 Å². The van der Waals surface area contributed by atoms with Gasteiger partial charge >= 0.3 is 0 Å². The second kappa shape index (κ2) is 6.89. The Kier molecular flexibility index (Phi) is 4.21. The van der Waals surface area contributed by atoms with Gasteiger partial charge < -0.3 is 25.5 Å². The number of aromatic nitrogens is 4. The molecule has 1 aliphatic heterocycles. The third kappa shape index (κ3) is 3.21. The van der Waals surface area contributed by atoms with Crippen LogP contribution in [0.4, 0.5) is 11.6 Å². The third-order valence-corrected chi connectivity index (χ3v) is 5.49. The lowest BCUT2D eigenvalue weighted by molar-refractivity contribution is -0.0224.